The molecule has 0 spiro atoms. The standard InChI is InChI=1S/C10H18N2O4/c1-5(2)8(10(14)15)12-9(13)6-3-16-4-7(6)11/h5-8H,3-4,11H2,1-2H3,(H,12,13)(H,14,15)/t6?,7?,8-/m1/s1. The van der Waals surface area contributed by atoms with E-state index in [4.69, 9.17) is 15.6 Å². The molecule has 1 rings (SSSR count). The van der Waals surface area contributed by atoms with Gasteiger partial charge in [-0.2, -0.15) is 0 Å². The molecule has 16 heavy (non-hydrogen) atoms. The lowest BCUT2D eigenvalue weighted by Gasteiger charge is -2.21. The van der Waals surface area contributed by atoms with Crippen molar-refractivity contribution in [3.8, 4) is 0 Å². The molecule has 0 aromatic heterocycles. The molecule has 0 aromatic rings. The fourth-order valence-electron chi connectivity index (χ4n) is 1.61. The molecule has 1 aliphatic rings. The SMILES string of the molecule is CC(C)[C@@H](NC(=O)C1COCC1N)C(=O)O. The van der Waals surface area contributed by atoms with Gasteiger partial charge in [0.05, 0.1) is 19.1 Å². The van der Waals surface area contributed by atoms with Gasteiger partial charge in [-0.25, -0.2) is 4.79 Å². The lowest BCUT2D eigenvalue weighted by atomic mass is 10.0. The van der Waals surface area contributed by atoms with Gasteiger partial charge in [-0.05, 0) is 5.92 Å². The second-order valence-corrected chi connectivity index (χ2v) is 4.38. The molecule has 6 nitrogen and oxygen atoms in total. The smallest absolute Gasteiger partial charge is 0.326 e. The monoisotopic (exact) mass is 230 g/mol. The van der Waals surface area contributed by atoms with Gasteiger partial charge in [0.2, 0.25) is 5.91 Å². The Kier molecular flexibility index (Phi) is 4.26. The largest absolute Gasteiger partial charge is 0.480 e. The second-order valence-electron chi connectivity index (χ2n) is 4.38. The number of amides is 1. The molecular weight excluding hydrogens is 212 g/mol. The van der Waals surface area contributed by atoms with Crippen LogP contribution in [0.3, 0.4) is 0 Å². The Morgan fingerprint density at radius 1 is 1.44 bits per heavy atom. The van der Waals surface area contributed by atoms with Crippen LogP contribution in [-0.2, 0) is 14.3 Å². The predicted octanol–water partition coefficient (Wildman–Crippen LogP) is -0.814. The van der Waals surface area contributed by atoms with E-state index in [0.717, 1.165) is 0 Å². The first-order valence-corrected chi connectivity index (χ1v) is 5.30. The minimum atomic E-state index is -1.03. The molecule has 0 saturated carbocycles. The van der Waals surface area contributed by atoms with Crippen molar-refractivity contribution in [3.63, 3.8) is 0 Å². The maximum Gasteiger partial charge on any atom is 0.326 e. The first-order valence-electron chi connectivity index (χ1n) is 5.30. The number of hydrogen-bond donors (Lipinski definition) is 3. The van der Waals surface area contributed by atoms with Gasteiger partial charge >= 0.3 is 5.97 Å². The Morgan fingerprint density at radius 2 is 2.06 bits per heavy atom. The molecule has 0 aromatic carbocycles. The molecule has 0 radical (unpaired) electrons. The lowest BCUT2D eigenvalue weighted by Crippen LogP contribution is -2.49. The number of rotatable bonds is 4. The highest BCUT2D eigenvalue weighted by Crippen LogP contribution is 2.13. The van der Waals surface area contributed by atoms with Crippen molar-refractivity contribution in [2.45, 2.75) is 25.9 Å². The van der Waals surface area contributed by atoms with Crippen molar-refractivity contribution in [2.24, 2.45) is 17.6 Å². The molecule has 0 aliphatic carbocycles. The molecule has 6 heteroatoms. The van der Waals surface area contributed by atoms with E-state index in [2.05, 4.69) is 5.32 Å². The third-order valence-corrected chi connectivity index (χ3v) is 2.69. The predicted molar refractivity (Wildman–Crippen MR) is 56.7 cm³/mol. The number of carbonyl (C=O) groups excluding carboxylic acids is 1. The van der Waals surface area contributed by atoms with E-state index in [9.17, 15) is 9.59 Å². The molecule has 0 bridgehead atoms. The Bertz CT molecular complexity index is 280. The first kappa shape index (κ1) is 12.9. The third-order valence-electron chi connectivity index (χ3n) is 2.69. The number of hydrogen-bond acceptors (Lipinski definition) is 4. The molecule has 2 unspecified atom stereocenters. The number of carboxylic acid groups (broad SMARTS) is 1. The first-order chi connectivity index (χ1) is 7.43. The Labute approximate surface area is 94.1 Å². The van der Waals surface area contributed by atoms with Crippen molar-refractivity contribution in [2.75, 3.05) is 13.2 Å². The van der Waals surface area contributed by atoms with Crippen LogP contribution in [0.2, 0.25) is 0 Å². The summed E-state index contributed by atoms with van der Waals surface area (Å²) in [6, 6.07) is -1.22. The van der Waals surface area contributed by atoms with Gasteiger partial charge in [-0.3, -0.25) is 4.79 Å². The van der Waals surface area contributed by atoms with E-state index in [0.29, 0.717) is 6.61 Å². The van der Waals surface area contributed by atoms with E-state index in [1.54, 1.807) is 13.8 Å². The van der Waals surface area contributed by atoms with Gasteiger partial charge in [-0.1, -0.05) is 13.8 Å². The van der Waals surface area contributed by atoms with Gasteiger partial charge < -0.3 is 20.9 Å². The molecule has 1 fully saturated rings. The second kappa shape index (κ2) is 5.27. The maximum atomic E-state index is 11.7. The Hall–Kier alpha value is -1.14. The zero-order valence-corrected chi connectivity index (χ0v) is 9.47. The van der Waals surface area contributed by atoms with Crippen LogP contribution in [0.4, 0.5) is 0 Å². The number of nitrogens with two attached hydrogens (primary N) is 1. The van der Waals surface area contributed by atoms with Crippen molar-refractivity contribution < 1.29 is 19.4 Å². The van der Waals surface area contributed by atoms with Crippen molar-refractivity contribution in [1.82, 2.24) is 5.32 Å². The zero-order valence-electron chi connectivity index (χ0n) is 9.47. The number of aliphatic carboxylic acids is 1. The molecule has 1 aliphatic heterocycles. The summed E-state index contributed by atoms with van der Waals surface area (Å²) in [6.07, 6.45) is 0. The third kappa shape index (κ3) is 2.93. The molecule has 4 N–H and O–H groups in total. The Balaban J connectivity index is 2.58. The molecule has 3 atom stereocenters. The van der Waals surface area contributed by atoms with Crippen LogP contribution in [0, 0.1) is 11.8 Å². The summed E-state index contributed by atoms with van der Waals surface area (Å²) < 4.78 is 5.06. The molecule has 1 amide bonds. The number of carboxylic acids is 1. The molecule has 1 heterocycles. The summed E-state index contributed by atoms with van der Waals surface area (Å²) in [7, 11) is 0. The molecule has 92 valence electrons. The van der Waals surface area contributed by atoms with Gasteiger partial charge in [0.1, 0.15) is 6.04 Å². The van der Waals surface area contributed by atoms with Gasteiger partial charge in [0.25, 0.3) is 0 Å². The zero-order chi connectivity index (χ0) is 12.3. The van der Waals surface area contributed by atoms with Crippen molar-refractivity contribution in [3.05, 3.63) is 0 Å². The summed E-state index contributed by atoms with van der Waals surface area (Å²) in [5.74, 6) is -1.98. The van der Waals surface area contributed by atoms with Crippen LogP contribution in [0.1, 0.15) is 13.8 Å². The van der Waals surface area contributed by atoms with E-state index in [-0.39, 0.29) is 24.5 Å². The quantitative estimate of drug-likeness (QED) is 0.586. The normalized spacial score (nSPS) is 26.8. The number of nitrogens with one attached hydrogen (secondary N) is 1. The lowest BCUT2D eigenvalue weighted by molar-refractivity contribution is -0.143. The van der Waals surface area contributed by atoms with Gasteiger partial charge in [0.15, 0.2) is 0 Å². The van der Waals surface area contributed by atoms with Gasteiger partial charge in [0, 0.05) is 6.04 Å². The van der Waals surface area contributed by atoms with Crippen molar-refractivity contribution >= 4 is 11.9 Å². The highest BCUT2D eigenvalue weighted by Gasteiger charge is 2.34. The average Bonchev–Trinajstić information content (AvgIpc) is 2.59. The van der Waals surface area contributed by atoms with E-state index in [1.165, 1.54) is 0 Å². The maximum absolute atomic E-state index is 11.7. The van der Waals surface area contributed by atoms with E-state index < -0.39 is 17.9 Å². The topological polar surface area (TPSA) is 102 Å². The van der Waals surface area contributed by atoms with Crippen LogP contribution in [0.25, 0.3) is 0 Å². The summed E-state index contributed by atoms with van der Waals surface area (Å²) in [5.41, 5.74) is 5.67. The van der Waals surface area contributed by atoms with Crippen LogP contribution in [-0.4, -0.2) is 42.3 Å². The average molecular weight is 230 g/mol. The van der Waals surface area contributed by atoms with Crippen LogP contribution >= 0.6 is 0 Å². The number of carbonyl (C=O) groups is 2. The minimum Gasteiger partial charge on any atom is -0.480 e. The van der Waals surface area contributed by atoms with Crippen LogP contribution in [0.15, 0.2) is 0 Å². The minimum absolute atomic E-state index is 0.167. The molecular formula is C10H18N2O4. The number of ether oxygens (including phenoxy) is 1. The van der Waals surface area contributed by atoms with Crippen LogP contribution < -0.4 is 11.1 Å². The fraction of sp³-hybridized carbons (Fsp3) is 0.800. The summed E-state index contributed by atoms with van der Waals surface area (Å²) >= 11 is 0. The fourth-order valence-corrected chi connectivity index (χ4v) is 1.61. The Morgan fingerprint density at radius 3 is 2.44 bits per heavy atom. The summed E-state index contributed by atoms with van der Waals surface area (Å²) in [5, 5.41) is 11.4. The summed E-state index contributed by atoms with van der Waals surface area (Å²) in [6.45, 7) is 4.09. The van der Waals surface area contributed by atoms with Crippen LogP contribution in [0.5, 0.6) is 0 Å². The van der Waals surface area contributed by atoms with Gasteiger partial charge in [-0.15, -0.1) is 0 Å². The summed E-state index contributed by atoms with van der Waals surface area (Å²) in [4.78, 5) is 22.6. The van der Waals surface area contributed by atoms with E-state index >= 15 is 0 Å². The van der Waals surface area contributed by atoms with E-state index in [1.807, 2.05) is 0 Å². The highest BCUT2D eigenvalue weighted by atomic mass is 16.5. The van der Waals surface area contributed by atoms with Crippen molar-refractivity contribution in [1.29, 1.82) is 0 Å². The molecule has 1 saturated heterocycles. The highest BCUT2D eigenvalue weighted by molar-refractivity contribution is 5.85.